The van der Waals surface area contributed by atoms with Crippen LogP contribution in [0.4, 0.5) is 5.69 Å². The summed E-state index contributed by atoms with van der Waals surface area (Å²) < 4.78 is 5.20. The third-order valence-corrected chi connectivity index (χ3v) is 3.58. The quantitative estimate of drug-likeness (QED) is 0.671. The molecule has 0 aliphatic rings. The van der Waals surface area contributed by atoms with Crippen LogP contribution in [0.15, 0.2) is 47.9 Å². The van der Waals surface area contributed by atoms with Crippen molar-refractivity contribution in [1.82, 2.24) is 5.32 Å². The van der Waals surface area contributed by atoms with Gasteiger partial charge in [0.15, 0.2) is 5.11 Å². The minimum absolute atomic E-state index is 0.223. The number of carbonyl (C=O) groups excluding carboxylic acids is 1. The molecular weight excluding hydrogens is 304 g/mol. The van der Waals surface area contributed by atoms with Gasteiger partial charge in [-0.2, -0.15) is 0 Å². The third-order valence-electron chi connectivity index (χ3n) is 2.53. The van der Waals surface area contributed by atoms with Gasteiger partial charge in [-0.3, -0.25) is 10.1 Å². The molecule has 0 unspecified atom stereocenters. The summed E-state index contributed by atoms with van der Waals surface area (Å²) >= 11 is 6.66. The second kappa shape index (κ2) is 7.56. The summed E-state index contributed by atoms with van der Waals surface area (Å²) in [6, 6.07) is 11.2. The Kier molecular flexibility index (Phi) is 5.48. The Morgan fingerprint density at radius 3 is 2.81 bits per heavy atom. The van der Waals surface area contributed by atoms with Crippen molar-refractivity contribution in [2.75, 3.05) is 12.4 Å². The van der Waals surface area contributed by atoms with Gasteiger partial charge >= 0.3 is 0 Å². The maximum absolute atomic E-state index is 11.7. The van der Waals surface area contributed by atoms with Crippen molar-refractivity contribution in [1.29, 1.82) is 0 Å². The molecule has 0 aliphatic carbocycles. The van der Waals surface area contributed by atoms with E-state index in [1.54, 1.807) is 24.5 Å². The number of thiophene rings is 1. The molecule has 108 valence electrons. The van der Waals surface area contributed by atoms with Crippen molar-refractivity contribution < 1.29 is 9.53 Å². The molecule has 2 rings (SSSR count). The highest BCUT2D eigenvalue weighted by Crippen LogP contribution is 2.22. The van der Waals surface area contributed by atoms with Crippen LogP contribution < -0.4 is 15.4 Å². The van der Waals surface area contributed by atoms with E-state index in [9.17, 15) is 4.79 Å². The van der Waals surface area contributed by atoms with Crippen molar-refractivity contribution >= 4 is 46.3 Å². The van der Waals surface area contributed by atoms with Crippen LogP contribution in [0.25, 0.3) is 6.08 Å². The van der Waals surface area contributed by atoms with Crippen molar-refractivity contribution in [2.24, 2.45) is 0 Å². The molecule has 0 spiro atoms. The Hall–Kier alpha value is -2.18. The Morgan fingerprint density at radius 2 is 2.10 bits per heavy atom. The number of para-hydroxylation sites is 2. The molecule has 1 heterocycles. The van der Waals surface area contributed by atoms with Gasteiger partial charge in [-0.15, -0.1) is 11.3 Å². The number of rotatable bonds is 4. The maximum atomic E-state index is 11.7. The number of carbonyl (C=O) groups is 1. The van der Waals surface area contributed by atoms with Crippen molar-refractivity contribution in [2.45, 2.75) is 0 Å². The molecule has 6 heteroatoms. The number of ether oxygens (including phenoxy) is 1. The number of methoxy groups -OCH3 is 1. The van der Waals surface area contributed by atoms with Crippen LogP contribution in [0.5, 0.6) is 5.75 Å². The van der Waals surface area contributed by atoms with E-state index in [1.165, 1.54) is 6.08 Å². The van der Waals surface area contributed by atoms with E-state index in [1.807, 2.05) is 41.8 Å². The highest BCUT2D eigenvalue weighted by atomic mass is 32.1. The molecule has 0 radical (unpaired) electrons. The smallest absolute Gasteiger partial charge is 0.250 e. The third kappa shape index (κ3) is 4.70. The van der Waals surface area contributed by atoms with Crippen LogP contribution in [0, 0.1) is 0 Å². The number of benzene rings is 1. The molecule has 1 aromatic carbocycles. The number of anilines is 1. The van der Waals surface area contributed by atoms with E-state index in [4.69, 9.17) is 17.0 Å². The zero-order chi connectivity index (χ0) is 15.1. The summed E-state index contributed by atoms with van der Waals surface area (Å²) in [6.45, 7) is 0. The molecule has 0 atom stereocenters. The van der Waals surface area contributed by atoms with E-state index in [0.29, 0.717) is 11.4 Å². The molecule has 4 nitrogen and oxygen atoms in total. The van der Waals surface area contributed by atoms with Crippen LogP contribution in [-0.4, -0.2) is 18.1 Å². The second-order valence-electron chi connectivity index (χ2n) is 3.99. The number of hydrogen-bond acceptors (Lipinski definition) is 4. The highest BCUT2D eigenvalue weighted by Gasteiger charge is 2.05. The van der Waals surface area contributed by atoms with Crippen molar-refractivity contribution in [3.05, 3.63) is 52.7 Å². The number of amides is 1. The molecule has 1 aromatic heterocycles. The molecule has 21 heavy (non-hydrogen) atoms. The summed E-state index contributed by atoms with van der Waals surface area (Å²) in [5.74, 6) is 0.374. The minimum atomic E-state index is -0.282. The van der Waals surface area contributed by atoms with E-state index >= 15 is 0 Å². The van der Waals surface area contributed by atoms with Gasteiger partial charge < -0.3 is 10.1 Å². The molecule has 0 aliphatic heterocycles. The Bertz CT molecular complexity index is 651. The van der Waals surface area contributed by atoms with Gasteiger partial charge in [-0.05, 0) is 41.9 Å². The van der Waals surface area contributed by atoms with E-state index in [-0.39, 0.29) is 11.0 Å². The number of nitrogens with one attached hydrogen (secondary N) is 2. The summed E-state index contributed by atoms with van der Waals surface area (Å²) in [5, 5.41) is 7.69. The lowest BCUT2D eigenvalue weighted by atomic mass is 10.3. The fraction of sp³-hybridized carbons (Fsp3) is 0.0667. The lowest BCUT2D eigenvalue weighted by Crippen LogP contribution is -2.32. The molecule has 2 aromatic rings. The van der Waals surface area contributed by atoms with Gasteiger partial charge in [0, 0.05) is 11.0 Å². The lowest BCUT2D eigenvalue weighted by molar-refractivity contribution is -0.115. The molecular formula is C15H14N2O2S2. The van der Waals surface area contributed by atoms with E-state index in [0.717, 1.165) is 4.88 Å². The van der Waals surface area contributed by atoms with Crippen LogP contribution >= 0.6 is 23.6 Å². The first-order valence-electron chi connectivity index (χ1n) is 6.15. The lowest BCUT2D eigenvalue weighted by Gasteiger charge is -2.11. The van der Waals surface area contributed by atoms with Gasteiger partial charge in [0.1, 0.15) is 5.75 Å². The summed E-state index contributed by atoms with van der Waals surface area (Å²) in [7, 11) is 1.58. The fourth-order valence-corrected chi connectivity index (χ4v) is 2.43. The average molecular weight is 318 g/mol. The van der Waals surface area contributed by atoms with Gasteiger partial charge in [0.25, 0.3) is 0 Å². The Balaban J connectivity index is 1.91. The van der Waals surface area contributed by atoms with Gasteiger partial charge in [0.2, 0.25) is 5.91 Å². The van der Waals surface area contributed by atoms with E-state index in [2.05, 4.69) is 10.6 Å². The molecule has 0 saturated carbocycles. The molecule has 0 bridgehead atoms. The normalized spacial score (nSPS) is 10.3. The summed E-state index contributed by atoms with van der Waals surface area (Å²) in [4.78, 5) is 12.7. The van der Waals surface area contributed by atoms with Gasteiger partial charge in [-0.1, -0.05) is 18.2 Å². The van der Waals surface area contributed by atoms with Crippen molar-refractivity contribution in [3.8, 4) is 5.75 Å². The molecule has 2 N–H and O–H groups in total. The van der Waals surface area contributed by atoms with E-state index < -0.39 is 0 Å². The fourth-order valence-electron chi connectivity index (χ4n) is 1.60. The summed E-state index contributed by atoms with van der Waals surface area (Å²) in [5.41, 5.74) is 0.701. The molecule has 0 fully saturated rings. The molecule has 0 saturated heterocycles. The number of hydrogen-bond donors (Lipinski definition) is 2. The monoisotopic (exact) mass is 318 g/mol. The van der Waals surface area contributed by atoms with Crippen LogP contribution in [0.2, 0.25) is 0 Å². The van der Waals surface area contributed by atoms with Gasteiger partial charge in [-0.25, -0.2) is 0 Å². The first-order chi connectivity index (χ1) is 10.2. The van der Waals surface area contributed by atoms with Crippen LogP contribution in [-0.2, 0) is 4.79 Å². The first-order valence-corrected chi connectivity index (χ1v) is 7.44. The highest BCUT2D eigenvalue weighted by molar-refractivity contribution is 7.80. The standard InChI is InChI=1S/C15H14N2O2S2/c1-19-13-7-3-2-6-12(13)16-15(20)17-14(18)9-8-11-5-4-10-21-11/h2-10H,1H3,(H2,16,17,18,20)/b9-8+. The Morgan fingerprint density at radius 1 is 1.29 bits per heavy atom. The zero-order valence-corrected chi connectivity index (χ0v) is 13.0. The van der Waals surface area contributed by atoms with Crippen molar-refractivity contribution in [3.63, 3.8) is 0 Å². The predicted molar refractivity (Wildman–Crippen MR) is 90.7 cm³/mol. The maximum Gasteiger partial charge on any atom is 0.250 e. The largest absolute Gasteiger partial charge is 0.495 e. The molecule has 1 amide bonds. The Labute approximate surface area is 132 Å². The van der Waals surface area contributed by atoms with Crippen LogP contribution in [0.3, 0.4) is 0 Å². The average Bonchev–Trinajstić information content (AvgIpc) is 2.99. The first kappa shape index (κ1) is 15.2. The predicted octanol–water partition coefficient (Wildman–Crippen LogP) is 3.28. The summed E-state index contributed by atoms with van der Waals surface area (Å²) in [6.07, 6.45) is 3.19. The minimum Gasteiger partial charge on any atom is -0.495 e. The SMILES string of the molecule is COc1ccccc1NC(=S)NC(=O)/C=C/c1cccs1. The second-order valence-corrected chi connectivity index (χ2v) is 5.38. The topological polar surface area (TPSA) is 50.4 Å². The van der Waals surface area contributed by atoms with Gasteiger partial charge in [0.05, 0.1) is 12.8 Å². The van der Waals surface area contributed by atoms with Crippen LogP contribution in [0.1, 0.15) is 4.88 Å². The zero-order valence-electron chi connectivity index (χ0n) is 11.3. The number of thiocarbonyl (C=S) groups is 1.